The molecule has 0 bridgehead atoms. The maximum Gasteiger partial charge on any atom is 0.233 e. The smallest absolute Gasteiger partial charge is 0.233 e. The molecule has 3 nitrogen and oxygen atoms in total. The normalized spacial score (nSPS) is 9.64. The first-order valence-corrected chi connectivity index (χ1v) is 3.48. The second-order valence-corrected chi connectivity index (χ2v) is 2.35. The van der Waals surface area contributed by atoms with Crippen LogP contribution in [0.2, 0.25) is 0 Å². The van der Waals surface area contributed by atoms with Crippen molar-refractivity contribution in [3.63, 3.8) is 0 Å². The highest BCUT2D eigenvalue weighted by molar-refractivity contribution is 5.13. The van der Waals surface area contributed by atoms with Gasteiger partial charge < -0.3 is 4.74 Å². The van der Waals surface area contributed by atoms with Crippen LogP contribution < -0.4 is 4.74 Å². The van der Waals surface area contributed by atoms with Crippen LogP contribution in [0.5, 0.6) is 5.88 Å². The molecule has 0 spiro atoms. The molecule has 0 aliphatic rings. The lowest BCUT2D eigenvalue weighted by molar-refractivity contribution is 0.344. The first kappa shape index (κ1) is 7.85. The molecule has 0 saturated carbocycles. The van der Waals surface area contributed by atoms with E-state index in [9.17, 15) is 0 Å². The molecule has 0 amide bonds. The first-order chi connectivity index (χ1) is 5.24. The number of rotatable bonds is 3. The Bertz CT molecular complexity index is 233. The highest BCUT2D eigenvalue weighted by Crippen LogP contribution is 2.08. The van der Waals surface area contributed by atoms with Gasteiger partial charge in [0, 0.05) is 18.8 Å². The summed E-state index contributed by atoms with van der Waals surface area (Å²) >= 11 is 0. The van der Waals surface area contributed by atoms with Gasteiger partial charge in [-0.2, -0.15) is 0 Å². The van der Waals surface area contributed by atoms with Crippen LogP contribution in [0.4, 0.5) is 0 Å². The van der Waals surface area contributed by atoms with Gasteiger partial charge >= 0.3 is 0 Å². The van der Waals surface area contributed by atoms with Crippen molar-refractivity contribution in [2.45, 2.75) is 6.92 Å². The summed E-state index contributed by atoms with van der Waals surface area (Å²) < 4.78 is 6.98. The Labute approximate surface area is 66.3 Å². The lowest BCUT2D eigenvalue weighted by atomic mass is 10.5. The summed E-state index contributed by atoms with van der Waals surface area (Å²) in [5.41, 5.74) is 1.09. The molecule has 0 saturated heterocycles. The third-order valence-corrected chi connectivity index (χ3v) is 1.44. The molecule has 60 valence electrons. The van der Waals surface area contributed by atoms with Gasteiger partial charge in [-0.1, -0.05) is 12.7 Å². The summed E-state index contributed by atoms with van der Waals surface area (Å²) in [5.74, 6) is 0.657. The van der Waals surface area contributed by atoms with E-state index in [0.29, 0.717) is 12.5 Å². The van der Waals surface area contributed by atoms with Crippen LogP contribution in [0.3, 0.4) is 0 Å². The minimum atomic E-state index is 0.510. The van der Waals surface area contributed by atoms with Crippen molar-refractivity contribution in [3.05, 3.63) is 24.4 Å². The van der Waals surface area contributed by atoms with Gasteiger partial charge in [0.25, 0.3) is 0 Å². The van der Waals surface area contributed by atoms with Crippen LogP contribution in [0.25, 0.3) is 0 Å². The van der Waals surface area contributed by atoms with E-state index < -0.39 is 0 Å². The minimum absolute atomic E-state index is 0.510. The fourth-order valence-corrected chi connectivity index (χ4v) is 0.743. The number of aromatic nitrogens is 2. The van der Waals surface area contributed by atoms with Gasteiger partial charge in [0.2, 0.25) is 5.88 Å². The SMILES string of the molecule is C=CCOc1cc(C)n(C)n1. The van der Waals surface area contributed by atoms with Gasteiger partial charge in [-0.25, -0.2) is 0 Å². The fraction of sp³-hybridized carbons (Fsp3) is 0.375. The van der Waals surface area contributed by atoms with Crippen molar-refractivity contribution in [1.82, 2.24) is 9.78 Å². The van der Waals surface area contributed by atoms with E-state index in [2.05, 4.69) is 11.7 Å². The van der Waals surface area contributed by atoms with Crippen LogP contribution in [0, 0.1) is 6.92 Å². The zero-order valence-corrected chi connectivity index (χ0v) is 6.87. The number of hydrogen-bond acceptors (Lipinski definition) is 2. The molecule has 1 heterocycles. The molecule has 0 fully saturated rings. The van der Waals surface area contributed by atoms with Crippen LogP contribution in [0.1, 0.15) is 5.69 Å². The van der Waals surface area contributed by atoms with Gasteiger partial charge in [-0.05, 0) is 6.92 Å². The fourth-order valence-electron chi connectivity index (χ4n) is 0.743. The standard InChI is InChI=1S/C8H12N2O/c1-4-5-11-8-6-7(2)10(3)9-8/h4,6H,1,5H2,2-3H3. The van der Waals surface area contributed by atoms with Crippen LogP contribution in [-0.2, 0) is 7.05 Å². The van der Waals surface area contributed by atoms with Crippen LogP contribution >= 0.6 is 0 Å². The second kappa shape index (κ2) is 3.23. The van der Waals surface area contributed by atoms with E-state index in [1.807, 2.05) is 20.0 Å². The van der Waals surface area contributed by atoms with Gasteiger partial charge in [0.15, 0.2) is 0 Å². The van der Waals surface area contributed by atoms with E-state index in [0.717, 1.165) is 5.69 Å². The Morgan fingerprint density at radius 2 is 2.55 bits per heavy atom. The number of aryl methyl sites for hydroxylation is 2. The highest BCUT2D eigenvalue weighted by atomic mass is 16.5. The molecule has 0 N–H and O–H groups in total. The molecule has 11 heavy (non-hydrogen) atoms. The van der Waals surface area contributed by atoms with Crippen molar-refractivity contribution < 1.29 is 4.74 Å². The molecule has 1 aromatic heterocycles. The molecular weight excluding hydrogens is 140 g/mol. The summed E-state index contributed by atoms with van der Waals surface area (Å²) in [6.45, 7) is 6.04. The highest BCUT2D eigenvalue weighted by Gasteiger charge is 1.99. The average Bonchev–Trinajstić information content (AvgIpc) is 2.28. The monoisotopic (exact) mass is 152 g/mol. The predicted molar refractivity (Wildman–Crippen MR) is 43.6 cm³/mol. The Kier molecular flexibility index (Phi) is 2.31. The van der Waals surface area contributed by atoms with Crippen molar-refractivity contribution in [1.29, 1.82) is 0 Å². The quantitative estimate of drug-likeness (QED) is 0.610. The number of nitrogens with zero attached hydrogens (tertiary/aromatic N) is 2. The number of ether oxygens (including phenoxy) is 1. The lowest BCUT2D eigenvalue weighted by Crippen LogP contribution is -1.95. The Morgan fingerprint density at radius 1 is 1.82 bits per heavy atom. The molecular formula is C8H12N2O. The van der Waals surface area contributed by atoms with Crippen molar-refractivity contribution in [2.75, 3.05) is 6.61 Å². The molecule has 0 unspecified atom stereocenters. The lowest BCUT2D eigenvalue weighted by Gasteiger charge is -1.94. The molecule has 0 atom stereocenters. The maximum absolute atomic E-state index is 5.21. The van der Waals surface area contributed by atoms with Gasteiger partial charge in [0.1, 0.15) is 6.61 Å². The third kappa shape index (κ3) is 1.83. The summed E-state index contributed by atoms with van der Waals surface area (Å²) in [5, 5.41) is 4.09. The van der Waals surface area contributed by atoms with Gasteiger partial charge in [-0.3, -0.25) is 4.68 Å². The third-order valence-electron chi connectivity index (χ3n) is 1.44. The largest absolute Gasteiger partial charge is 0.472 e. The Morgan fingerprint density at radius 3 is 3.00 bits per heavy atom. The number of hydrogen-bond donors (Lipinski definition) is 0. The maximum atomic E-state index is 5.21. The predicted octanol–water partition coefficient (Wildman–Crippen LogP) is 1.29. The van der Waals surface area contributed by atoms with Crippen LogP contribution in [-0.4, -0.2) is 16.4 Å². The van der Waals surface area contributed by atoms with E-state index in [1.54, 1.807) is 10.8 Å². The molecule has 0 aliphatic heterocycles. The summed E-state index contributed by atoms with van der Waals surface area (Å²) in [6, 6.07) is 1.89. The summed E-state index contributed by atoms with van der Waals surface area (Å²) in [4.78, 5) is 0. The summed E-state index contributed by atoms with van der Waals surface area (Å²) in [6.07, 6.45) is 1.70. The minimum Gasteiger partial charge on any atom is -0.472 e. The second-order valence-electron chi connectivity index (χ2n) is 2.35. The Hall–Kier alpha value is -1.25. The summed E-state index contributed by atoms with van der Waals surface area (Å²) in [7, 11) is 1.89. The first-order valence-electron chi connectivity index (χ1n) is 3.48. The topological polar surface area (TPSA) is 27.1 Å². The van der Waals surface area contributed by atoms with E-state index in [-0.39, 0.29) is 0 Å². The molecule has 0 aliphatic carbocycles. The van der Waals surface area contributed by atoms with Gasteiger partial charge in [-0.15, -0.1) is 5.10 Å². The van der Waals surface area contributed by atoms with E-state index >= 15 is 0 Å². The van der Waals surface area contributed by atoms with E-state index in [1.165, 1.54) is 0 Å². The van der Waals surface area contributed by atoms with Crippen molar-refractivity contribution >= 4 is 0 Å². The van der Waals surface area contributed by atoms with Crippen molar-refractivity contribution in [3.8, 4) is 5.88 Å². The average molecular weight is 152 g/mol. The molecule has 1 rings (SSSR count). The van der Waals surface area contributed by atoms with Crippen molar-refractivity contribution in [2.24, 2.45) is 7.05 Å². The van der Waals surface area contributed by atoms with Gasteiger partial charge in [0.05, 0.1) is 0 Å². The zero-order valence-electron chi connectivity index (χ0n) is 6.87. The molecule has 0 radical (unpaired) electrons. The molecule has 1 aromatic rings. The van der Waals surface area contributed by atoms with Crippen LogP contribution in [0.15, 0.2) is 18.7 Å². The molecule has 0 aromatic carbocycles. The van der Waals surface area contributed by atoms with E-state index in [4.69, 9.17) is 4.74 Å². The Balaban J connectivity index is 2.64. The molecule has 3 heteroatoms. The zero-order chi connectivity index (χ0) is 8.27.